The van der Waals surface area contributed by atoms with E-state index in [9.17, 15) is 0 Å². The largest absolute Gasteiger partial charge is 0.316 e. The highest BCUT2D eigenvalue weighted by atomic mass is 79.9. The molecule has 1 aliphatic heterocycles. The van der Waals surface area contributed by atoms with Gasteiger partial charge < -0.3 is 5.32 Å². The van der Waals surface area contributed by atoms with Gasteiger partial charge in [0.25, 0.3) is 0 Å². The third kappa shape index (κ3) is 1.64. The first-order chi connectivity index (χ1) is 7.86. The van der Waals surface area contributed by atoms with E-state index in [1.165, 1.54) is 18.5 Å². The number of fused-ring (bicyclic) bond motifs is 1. The van der Waals surface area contributed by atoms with Crippen molar-refractivity contribution in [2.75, 3.05) is 13.1 Å². The number of rotatable bonds is 1. The van der Waals surface area contributed by atoms with Crippen molar-refractivity contribution in [1.82, 2.24) is 19.9 Å². The first kappa shape index (κ1) is 10.2. The number of nitrogens with zero attached hydrogens (tertiary/aromatic N) is 3. The zero-order valence-electron chi connectivity index (χ0n) is 8.86. The summed E-state index contributed by atoms with van der Waals surface area (Å²) >= 11 is 3.46. The van der Waals surface area contributed by atoms with Crippen LogP contribution in [0.25, 0.3) is 5.65 Å². The van der Waals surface area contributed by atoms with E-state index >= 15 is 0 Å². The van der Waals surface area contributed by atoms with Crippen molar-refractivity contribution in [2.24, 2.45) is 0 Å². The molecule has 0 aliphatic carbocycles. The van der Waals surface area contributed by atoms with Crippen LogP contribution in [0.4, 0.5) is 0 Å². The van der Waals surface area contributed by atoms with Crippen molar-refractivity contribution in [3.05, 3.63) is 28.6 Å². The molecule has 3 heterocycles. The van der Waals surface area contributed by atoms with E-state index in [2.05, 4.69) is 37.4 Å². The second-order valence-corrected chi connectivity index (χ2v) is 5.00. The summed E-state index contributed by atoms with van der Waals surface area (Å²) in [5, 5.41) is 7.80. The molecular formula is C11H13BrN4. The Morgan fingerprint density at radius 2 is 2.44 bits per heavy atom. The third-order valence-electron chi connectivity index (χ3n) is 3.10. The van der Waals surface area contributed by atoms with Crippen LogP contribution in [0.1, 0.15) is 24.5 Å². The van der Waals surface area contributed by atoms with E-state index < -0.39 is 0 Å². The van der Waals surface area contributed by atoms with Gasteiger partial charge in [-0.3, -0.25) is 0 Å². The quantitative estimate of drug-likeness (QED) is 0.869. The topological polar surface area (TPSA) is 42.2 Å². The van der Waals surface area contributed by atoms with Gasteiger partial charge in [0.05, 0.1) is 16.4 Å². The summed E-state index contributed by atoms with van der Waals surface area (Å²) < 4.78 is 2.90. The molecular weight excluding hydrogens is 268 g/mol. The summed E-state index contributed by atoms with van der Waals surface area (Å²) in [5.74, 6) is 0.547. The first-order valence-corrected chi connectivity index (χ1v) is 6.34. The van der Waals surface area contributed by atoms with Crippen molar-refractivity contribution >= 4 is 21.6 Å². The average Bonchev–Trinajstić information content (AvgIpc) is 2.73. The Morgan fingerprint density at radius 3 is 3.25 bits per heavy atom. The van der Waals surface area contributed by atoms with E-state index in [1.807, 2.05) is 16.9 Å². The van der Waals surface area contributed by atoms with Gasteiger partial charge in [-0.1, -0.05) is 0 Å². The summed E-state index contributed by atoms with van der Waals surface area (Å²) in [6.45, 7) is 2.17. The van der Waals surface area contributed by atoms with Crippen LogP contribution >= 0.6 is 15.9 Å². The number of hydrogen-bond acceptors (Lipinski definition) is 3. The van der Waals surface area contributed by atoms with Crippen LogP contribution in [0.15, 0.2) is 22.9 Å². The van der Waals surface area contributed by atoms with E-state index in [1.54, 1.807) is 0 Å². The molecule has 1 N–H and O–H groups in total. The second kappa shape index (κ2) is 4.14. The van der Waals surface area contributed by atoms with Gasteiger partial charge in [0.2, 0.25) is 0 Å². The van der Waals surface area contributed by atoms with Gasteiger partial charge in [0.1, 0.15) is 0 Å². The van der Waals surface area contributed by atoms with Gasteiger partial charge in [-0.2, -0.15) is 5.10 Å². The van der Waals surface area contributed by atoms with Crippen LogP contribution < -0.4 is 5.32 Å². The van der Waals surface area contributed by atoms with Crippen molar-refractivity contribution < 1.29 is 0 Å². The maximum absolute atomic E-state index is 4.37. The van der Waals surface area contributed by atoms with Crippen molar-refractivity contribution in [1.29, 1.82) is 0 Å². The Morgan fingerprint density at radius 1 is 1.50 bits per heavy atom. The fourth-order valence-corrected chi connectivity index (χ4v) is 2.66. The van der Waals surface area contributed by atoms with Gasteiger partial charge >= 0.3 is 0 Å². The maximum atomic E-state index is 4.37. The fourth-order valence-electron chi connectivity index (χ4n) is 2.30. The molecule has 0 bridgehead atoms. The molecule has 1 unspecified atom stereocenters. The highest BCUT2D eigenvalue weighted by Crippen LogP contribution is 2.25. The predicted octanol–water partition coefficient (Wildman–Crippen LogP) is 1.96. The molecule has 0 saturated carbocycles. The lowest BCUT2D eigenvalue weighted by Gasteiger charge is -2.23. The second-order valence-electron chi connectivity index (χ2n) is 4.14. The normalized spacial score (nSPS) is 21.4. The molecule has 4 nitrogen and oxygen atoms in total. The summed E-state index contributed by atoms with van der Waals surface area (Å²) in [5.41, 5.74) is 2.16. The standard InChI is InChI=1S/C11H13BrN4/c12-9-7-15-16-10(3-5-14-11(9)16)8-2-1-4-13-6-8/h3,5,7-8,13H,1-2,4,6H2. The minimum absolute atomic E-state index is 0.547. The molecule has 0 aromatic carbocycles. The Hall–Kier alpha value is -0.940. The summed E-state index contributed by atoms with van der Waals surface area (Å²) in [6, 6.07) is 2.07. The Labute approximate surface area is 102 Å². The van der Waals surface area contributed by atoms with Crippen LogP contribution in [0.5, 0.6) is 0 Å². The van der Waals surface area contributed by atoms with E-state index in [-0.39, 0.29) is 0 Å². The highest BCUT2D eigenvalue weighted by Gasteiger charge is 2.18. The zero-order chi connectivity index (χ0) is 11.0. The molecule has 2 aromatic heterocycles. The molecule has 1 aliphatic rings. The predicted molar refractivity (Wildman–Crippen MR) is 65.5 cm³/mol. The number of piperidine rings is 1. The monoisotopic (exact) mass is 280 g/mol. The Kier molecular flexibility index (Phi) is 2.65. The van der Waals surface area contributed by atoms with E-state index in [0.29, 0.717) is 5.92 Å². The number of aromatic nitrogens is 3. The van der Waals surface area contributed by atoms with Crippen LogP contribution in [-0.2, 0) is 0 Å². The van der Waals surface area contributed by atoms with Gasteiger partial charge in [-0.15, -0.1) is 0 Å². The molecule has 1 atom stereocenters. The maximum Gasteiger partial charge on any atom is 0.169 e. The van der Waals surface area contributed by atoms with Gasteiger partial charge in [0, 0.05) is 18.7 Å². The van der Waals surface area contributed by atoms with E-state index in [4.69, 9.17) is 0 Å². The number of hydrogen-bond donors (Lipinski definition) is 1. The third-order valence-corrected chi connectivity index (χ3v) is 3.66. The average molecular weight is 281 g/mol. The SMILES string of the molecule is Brc1cnn2c(C3CCCNC3)ccnc12. The van der Waals surface area contributed by atoms with Gasteiger partial charge in [-0.25, -0.2) is 9.50 Å². The van der Waals surface area contributed by atoms with Crippen LogP contribution in [0.3, 0.4) is 0 Å². The lowest BCUT2D eigenvalue weighted by Crippen LogP contribution is -2.29. The molecule has 2 aromatic rings. The molecule has 0 spiro atoms. The minimum atomic E-state index is 0.547. The Bertz CT molecular complexity index is 502. The highest BCUT2D eigenvalue weighted by molar-refractivity contribution is 9.10. The molecule has 0 radical (unpaired) electrons. The molecule has 0 amide bonds. The van der Waals surface area contributed by atoms with Crippen LogP contribution in [0.2, 0.25) is 0 Å². The Balaban J connectivity index is 2.08. The van der Waals surface area contributed by atoms with Gasteiger partial charge in [-0.05, 0) is 41.4 Å². The van der Waals surface area contributed by atoms with Crippen molar-refractivity contribution in [2.45, 2.75) is 18.8 Å². The minimum Gasteiger partial charge on any atom is -0.316 e. The van der Waals surface area contributed by atoms with Crippen molar-refractivity contribution in [3.63, 3.8) is 0 Å². The smallest absolute Gasteiger partial charge is 0.169 e. The summed E-state index contributed by atoms with van der Waals surface area (Å²) in [6.07, 6.45) is 6.13. The fraction of sp³-hybridized carbons (Fsp3) is 0.455. The number of nitrogens with one attached hydrogen (secondary N) is 1. The molecule has 3 rings (SSSR count). The van der Waals surface area contributed by atoms with Crippen molar-refractivity contribution in [3.8, 4) is 0 Å². The van der Waals surface area contributed by atoms with Crippen LogP contribution in [-0.4, -0.2) is 27.7 Å². The lowest BCUT2D eigenvalue weighted by atomic mass is 9.96. The summed E-state index contributed by atoms with van der Waals surface area (Å²) in [4.78, 5) is 4.33. The molecule has 16 heavy (non-hydrogen) atoms. The van der Waals surface area contributed by atoms with Gasteiger partial charge in [0.15, 0.2) is 5.65 Å². The van der Waals surface area contributed by atoms with E-state index in [0.717, 1.165) is 23.2 Å². The zero-order valence-corrected chi connectivity index (χ0v) is 10.4. The summed E-state index contributed by atoms with van der Waals surface area (Å²) in [7, 11) is 0. The van der Waals surface area contributed by atoms with Crippen LogP contribution in [0, 0.1) is 0 Å². The molecule has 1 fully saturated rings. The molecule has 84 valence electrons. The molecule has 1 saturated heterocycles. The lowest BCUT2D eigenvalue weighted by molar-refractivity contribution is 0.448. The molecule has 5 heteroatoms. The first-order valence-electron chi connectivity index (χ1n) is 5.55. The number of halogens is 1.